The third kappa shape index (κ3) is 2.49. The molecule has 4 heteroatoms. The Morgan fingerprint density at radius 1 is 1.32 bits per heavy atom. The maximum absolute atomic E-state index is 12.0. The van der Waals surface area contributed by atoms with Gasteiger partial charge in [-0.3, -0.25) is 4.79 Å². The predicted octanol–water partition coefficient (Wildman–Crippen LogP) is 2.07. The van der Waals surface area contributed by atoms with E-state index in [0.717, 1.165) is 29.7 Å². The van der Waals surface area contributed by atoms with Crippen molar-refractivity contribution in [2.24, 2.45) is 11.7 Å². The van der Waals surface area contributed by atoms with Crippen molar-refractivity contribution in [2.75, 3.05) is 11.9 Å². The lowest BCUT2D eigenvalue weighted by molar-refractivity contribution is 0.504. The minimum atomic E-state index is 0.0487. The molecule has 1 aliphatic rings. The van der Waals surface area contributed by atoms with Crippen LogP contribution in [0.15, 0.2) is 35.1 Å². The van der Waals surface area contributed by atoms with Crippen molar-refractivity contribution >= 4 is 16.7 Å². The van der Waals surface area contributed by atoms with Crippen molar-refractivity contribution in [3.8, 4) is 0 Å². The molecule has 100 valence electrons. The van der Waals surface area contributed by atoms with Crippen LogP contribution in [0.1, 0.15) is 19.3 Å². The maximum atomic E-state index is 12.0. The molecule has 1 heterocycles. The highest BCUT2D eigenvalue weighted by Crippen LogP contribution is 2.24. The first-order valence-corrected chi connectivity index (χ1v) is 6.85. The lowest BCUT2D eigenvalue weighted by Gasteiger charge is -2.16. The number of H-pyrrole nitrogens is 1. The maximum Gasteiger partial charge on any atom is 0.191 e. The molecule has 1 aromatic carbocycles. The lowest BCUT2D eigenvalue weighted by Crippen LogP contribution is -2.30. The molecule has 0 saturated heterocycles. The molecule has 3 rings (SSSR count). The van der Waals surface area contributed by atoms with Crippen LogP contribution in [0.4, 0.5) is 5.82 Å². The molecule has 0 amide bonds. The fourth-order valence-electron chi connectivity index (χ4n) is 2.85. The summed E-state index contributed by atoms with van der Waals surface area (Å²) in [6.07, 6.45) is 3.49. The van der Waals surface area contributed by atoms with Gasteiger partial charge in [0.1, 0.15) is 5.82 Å². The van der Waals surface area contributed by atoms with Crippen molar-refractivity contribution in [1.82, 2.24) is 4.98 Å². The highest BCUT2D eigenvalue weighted by molar-refractivity contribution is 5.79. The van der Waals surface area contributed by atoms with Crippen LogP contribution in [-0.4, -0.2) is 17.6 Å². The number of aromatic nitrogens is 1. The number of rotatable bonds is 3. The second-order valence-electron chi connectivity index (χ2n) is 5.33. The van der Waals surface area contributed by atoms with Gasteiger partial charge >= 0.3 is 0 Å². The summed E-state index contributed by atoms with van der Waals surface area (Å²) in [5, 5.41) is 4.04. The van der Waals surface area contributed by atoms with Crippen LogP contribution in [0.3, 0.4) is 0 Å². The zero-order valence-electron chi connectivity index (χ0n) is 10.9. The van der Waals surface area contributed by atoms with Gasteiger partial charge in [-0.1, -0.05) is 18.6 Å². The third-order valence-electron chi connectivity index (χ3n) is 4.01. The predicted molar refractivity (Wildman–Crippen MR) is 78.4 cm³/mol. The molecule has 1 aromatic heterocycles. The molecule has 0 bridgehead atoms. The summed E-state index contributed by atoms with van der Waals surface area (Å²) in [6, 6.07) is 9.48. The van der Waals surface area contributed by atoms with Crippen molar-refractivity contribution in [3.05, 3.63) is 40.6 Å². The van der Waals surface area contributed by atoms with E-state index >= 15 is 0 Å². The van der Waals surface area contributed by atoms with E-state index in [4.69, 9.17) is 5.73 Å². The number of fused-ring (bicyclic) bond motifs is 1. The van der Waals surface area contributed by atoms with Gasteiger partial charge in [0.15, 0.2) is 5.43 Å². The summed E-state index contributed by atoms with van der Waals surface area (Å²) >= 11 is 0. The molecule has 0 aliphatic heterocycles. The summed E-state index contributed by atoms with van der Waals surface area (Å²) < 4.78 is 0. The molecular formula is C15H19N3O. The molecule has 0 radical (unpaired) electrons. The second-order valence-corrected chi connectivity index (χ2v) is 5.33. The van der Waals surface area contributed by atoms with Gasteiger partial charge in [-0.15, -0.1) is 0 Å². The molecule has 19 heavy (non-hydrogen) atoms. The standard InChI is InChI=1S/C15H19N3O/c16-12-6-3-4-10(12)9-17-15-8-14(19)11-5-1-2-7-13(11)18-15/h1-2,5,7-8,10,12H,3-4,6,9,16H2,(H2,17,18,19)/t10-,12+/m1/s1. The average molecular weight is 257 g/mol. The lowest BCUT2D eigenvalue weighted by atomic mass is 10.1. The van der Waals surface area contributed by atoms with E-state index in [1.54, 1.807) is 6.07 Å². The molecule has 0 spiro atoms. The zero-order valence-corrected chi connectivity index (χ0v) is 10.9. The fraction of sp³-hybridized carbons (Fsp3) is 0.400. The summed E-state index contributed by atoms with van der Waals surface area (Å²) in [5.41, 5.74) is 6.97. The number of nitrogens with two attached hydrogens (primary N) is 1. The van der Waals surface area contributed by atoms with Crippen molar-refractivity contribution < 1.29 is 0 Å². The van der Waals surface area contributed by atoms with Gasteiger partial charge in [-0.05, 0) is 30.9 Å². The number of nitrogens with one attached hydrogen (secondary N) is 2. The normalized spacial score (nSPS) is 22.8. The first kappa shape index (κ1) is 12.2. The Morgan fingerprint density at radius 2 is 2.16 bits per heavy atom. The van der Waals surface area contributed by atoms with Crippen LogP contribution < -0.4 is 16.5 Å². The molecule has 0 unspecified atom stereocenters. The van der Waals surface area contributed by atoms with Gasteiger partial charge in [0, 0.05) is 24.0 Å². The van der Waals surface area contributed by atoms with Crippen molar-refractivity contribution in [3.63, 3.8) is 0 Å². The van der Waals surface area contributed by atoms with Gasteiger partial charge in [0.25, 0.3) is 0 Å². The fourth-order valence-corrected chi connectivity index (χ4v) is 2.85. The van der Waals surface area contributed by atoms with Gasteiger partial charge in [0.2, 0.25) is 0 Å². The molecule has 4 nitrogen and oxygen atoms in total. The summed E-state index contributed by atoms with van der Waals surface area (Å²) in [7, 11) is 0. The molecule has 1 aliphatic carbocycles. The number of hydrogen-bond acceptors (Lipinski definition) is 3. The summed E-state index contributed by atoms with van der Waals surface area (Å²) in [4.78, 5) is 15.2. The summed E-state index contributed by atoms with van der Waals surface area (Å²) in [5.74, 6) is 1.29. The van der Waals surface area contributed by atoms with Crippen LogP contribution in [0.5, 0.6) is 0 Å². The van der Waals surface area contributed by atoms with E-state index in [9.17, 15) is 4.79 Å². The minimum Gasteiger partial charge on any atom is -0.371 e. The Kier molecular flexibility index (Phi) is 3.25. The van der Waals surface area contributed by atoms with Gasteiger partial charge < -0.3 is 16.0 Å². The zero-order chi connectivity index (χ0) is 13.2. The molecule has 2 aromatic rings. The Hall–Kier alpha value is -1.81. The Balaban J connectivity index is 1.80. The average Bonchev–Trinajstić information content (AvgIpc) is 2.82. The van der Waals surface area contributed by atoms with Crippen LogP contribution in [0, 0.1) is 5.92 Å². The SMILES string of the molecule is N[C@H]1CCC[C@@H]1CNc1cc(=O)c2ccccc2[nH]1. The van der Waals surface area contributed by atoms with Crippen LogP contribution in [-0.2, 0) is 0 Å². The highest BCUT2D eigenvalue weighted by atomic mass is 16.1. The number of benzene rings is 1. The molecule has 1 saturated carbocycles. The van der Waals surface area contributed by atoms with Crippen LogP contribution in [0.2, 0.25) is 0 Å². The second kappa shape index (κ2) is 5.05. The highest BCUT2D eigenvalue weighted by Gasteiger charge is 2.23. The topological polar surface area (TPSA) is 70.9 Å². The number of hydrogen-bond donors (Lipinski definition) is 3. The van der Waals surface area contributed by atoms with E-state index in [0.29, 0.717) is 12.0 Å². The number of para-hydroxylation sites is 1. The Labute approximate surface area is 112 Å². The van der Waals surface area contributed by atoms with Gasteiger partial charge in [-0.2, -0.15) is 0 Å². The van der Waals surface area contributed by atoms with E-state index in [2.05, 4.69) is 10.3 Å². The van der Waals surface area contributed by atoms with E-state index in [1.807, 2.05) is 24.3 Å². The van der Waals surface area contributed by atoms with Gasteiger partial charge in [0.05, 0.1) is 5.52 Å². The molecule has 1 fully saturated rings. The first-order chi connectivity index (χ1) is 9.24. The third-order valence-corrected chi connectivity index (χ3v) is 4.01. The number of pyridine rings is 1. The first-order valence-electron chi connectivity index (χ1n) is 6.85. The Morgan fingerprint density at radius 3 is 2.95 bits per heavy atom. The molecule has 4 N–H and O–H groups in total. The minimum absolute atomic E-state index is 0.0487. The van der Waals surface area contributed by atoms with Crippen LogP contribution >= 0.6 is 0 Å². The number of aromatic amines is 1. The van der Waals surface area contributed by atoms with Crippen molar-refractivity contribution in [2.45, 2.75) is 25.3 Å². The van der Waals surface area contributed by atoms with Crippen LogP contribution in [0.25, 0.3) is 10.9 Å². The quantitative estimate of drug-likeness (QED) is 0.788. The van der Waals surface area contributed by atoms with E-state index in [1.165, 1.54) is 12.8 Å². The summed E-state index contributed by atoms with van der Waals surface area (Å²) in [6.45, 7) is 0.829. The smallest absolute Gasteiger partial charge is 0.191 e. The van der Waals surface area contributed by atoms with E-state index < -0.39 is 0 Å². The van der Waals surface area contributed by atoms with Crippen molar-refractivity contribution in [1.29, 1.82) is 0 Å². The monoisotopic (exact) mass is 257 g/mol. The molecule has 2 atom stereocenters. The van der Waals surface area contributed by atoms with E-state index in [-0.39, 0.29) is 5.43 Å². The number of anilines is 1. The van der Waals surface area contributed by atoms with Gasteiger partial charge in [-0.25, -0.2) is 0 Å². The Bertz CT molecular complexity index is 635. The largest absolute Gasteiger partial charge is 0.371 e. The molecular weight excluding hydrogens is 238 g/mol.